The quantitative estimate of drug-likeness (QED) is 0.721. The van der Waals surface area contributed by atoms with Crippen LogP contribution in [-0.4, -0.2) is 66.3 Å². The zero-order valence-corrected chi connectivity index (χ0v) is 12.0. The Morgan fingerprint density at radius 3 is 2.84 bits per heavy atom. The first kappa shape index (κ1) is 14.6. The highest BCUT2D eigenvalue weighted by Crippen LogP contribution is 2.26. The van der Waals surface area contributed by atoms with Crippen LogP contribution in [0.3, 0.4) is 0 Å². The van der Waals surface area contributed by atoms with Gasteiger partial charge in [0, 0.05) is 25.7 Å². The molecule has 1 saturated heterocycles. The van der Waals surface area contributed by atoms with Crippen LogP contribution < -0.4 is 5.32 Å². The van der Waals surface area contributed by atoms with Crippen LogP contribution in [0.15, 0.2) is 0 Å². The van der Waals surface area contributed by atoms with Crippen molar-refractivity contribution in [1.82, 2.24) is 15.1 Å². The van der Waals surface area contributed by atoms with E-state index in [0.717, 1.165) is 32.5 Å². The van der Waals surface area contributed by atoms with Crippen LogP contribution in [0.5, 0.6) is 0 Å². The van der Waals surface area contributed by atoms with Gasteiger partial charge in [-0.15, -0.1) is 0 Å². The van der Waals surface area contributed by atoms with E-state index in [9.17, 15) is 4.79 Å². The molecule has 0 aromatic carbocycles. The summed E-state index contributed by atoms with van der Waals surface area (Å²) in [5.41, 5.74) is 0. The Morgan fingerprint density at radius 2 is 2.21 bits per heavy atom. The number of hydrogen-bond acceptors (Lipinski definition) is 3. The van der Waals surface area contributed by atoms with Gasteiger partial charge in [0.05, 0.1) is 6.61 Å². The van der Waals surface area contributed by atoms with Gasteiger partial charge in [-0.3, -0.25) is 0 Å². The Labute approximate surface area is 115 Å². The van der Waals surface area contributed by atoms with Gasteiger partial charge in [0.2, 0.25) is 0 Å². The van der Waals surface area contributed by atoms with E-state index in [0.29, 0.717) is 18.5 Å². The molecule has 1 saturated carbocycles. The summed E-state index contributed by atoms with van der Waals surface area (Å²) >= 11 is 0. The maximum absolute atomic E-state index is 12.1. The summed E-state index contributed by atoms with van der Waals surface area (Å²) in [5.74, 6) is 0.589. The van der Waals surface area contributed by atoms with E-state index in [2.05, 4.69) is 17.1 Å². The molecule has 2 fully saturated rings. The predicted octanol–water partition coefficient (Wildman–Crippen LogP) is 0.885. The lowest BCUT2D eigenvalue weighted by Gasteiger charge is -2.23. The fraction of sp³-hybridized carbons (Fsp3) is 0.929. The molecule has 1 aliphatic heterocycles. The SMILES string of the molecule is CCCN1CCC(CNC(=O)N(CCO)C2CC2)C1. The summed E-state index contributed by atoms with van der Waals surface area (Å²) in [5, 5.41) is 12.1. The zero-order valence-electron chi connectivity index (χ0n) is 12.0. The van der Waals surface area contributed by atoms with E-state index in [4.69, 9.17) is 5.11 Å². The molecule has 0 bridgehead atoms. The van der Waals surface area contributed by atoms with E-state index in [-0.39, 0.29) is 12.6 Å². The van der Waals surface area contributed by atoms with Gasteiger partial charge in [-0.2, -0.15) is 0 Å². The Morgan fingerprint density at radius 1 is 1.42 bits per heavy atom. The molecule has 2 N–H and O–H groups in total. The molecular weight excluding hydrogens is 242 g/mol. The van der Waals surface area contributed by atoms with E-state index in [1.807, 2.05) is 0 Å². The first-order valence-corrected chi connectivity index (χ1v) is 7.62. The van der Waals surface area contributed by atoms with Crippen LogP contribution in [0.2, 0.25) is 0 Å². The average Bonchev–Trinajstić information content (AvgIpc) is 3.14. The highest BCUT2D eigenvalue weighted by Gasteiger charge is 2.32. The maximum atomic E-state index is 12.1. The van der Waals surface area contributed by atoms with Gasteiger partial charge in [-0.25, -0.2) is 4.79 Å². The van der Waals surface area contributed by atoms with Crippen molar-refractivity contribution in [2.24, 2.45) is 5.92 Å². The number of carbonyl (C=O) groups excluding carboxylic acids is 1. The monoisotopic (exact) mass is 269 g/mol. The number of likely N-dealkylation sites (tertiary alicyclic amines) is 1. The number of hydrogen-bond donors (Lipinski definition) is 2. The number of rotatable bonds is 7. The minimum atomic E-state index is 0.00508. The predicted molar refractivity (Wildman–Crippen MR) is 75.1 cm³/mol. The Bertz CT molecular complexity index is 294. The van der Waals surface area contributed by atoms with Gasteiger partial charge in [0.15, 0.2) is 0 Å². The van der Waals surface area contributed by atoms with Gasteiger partial charge in [0.25, 0.3) is 0 Å². The van der Waals surface area contributed by atoms with Crippen molar-refractivity contribution in [1.29, 1.82) is 0 Å². The highest BCUT2D eigenvalue weighted by molar-refractivity contribution is 5.74. The fourth-order valence-electron chi connectivity index (χ4n) is 2.88. The molecule has 5 nitrogen and oxygen atoms in total. The molecule has 110 valence electrons. The van der Waals surface area contributed by atoms with Crippen LogP contribution in [-0.2, 0) is 0 Å². The molecule has 2 aliphatic rings. The lowest BCUT2D eigenvalue weighted by molar-refractivity contribution is 0.172. The van der Waals surface area contributed by atoms with Crippen molar-refractivity contribution in [2.45, 2.75) is 38.6 Å². The number of urea groups is 1. The molecule has 1 heterocycles. The number of nitrogens with zero attached hydrogens (tertiary/aromatic N) is 2. The van der Waals surface area contributed by atoms with Crippen molar-refractivity contribution >= 4 is 6.03 Å². The first-order chi connectivity index (χ1) is 9.24. The smallest absolute Gasteiger partial charge is 0.317 e. The maximum Gasteiger partial charge on any atom is 0.317 e. The van der Waals surface area contributed by atoms with E-state index >= 15 is 0 Å². The minimum absolute atomic E-state index is 0.00508. The largest absolute Gasteiger partial charge is 0.395 e. The Balaban J connectivity index is 1.68. The number of aliphatic hydroxyl groups is 1. The topological polar surface area (TPSA) is 55.8 Å². The molecule has 19 heavy (non-hydrogen) atoms. The molecule has 0 radical (unpaired) electrons. The molecule has 2 rings (SSSR count). The third kappa shape index (κ3) is 4.35. The van der Waals surface area contributed by atoms with E-state index in [1.54, 1.807) is 4.90 Å². The Hall–Kier alpha value is -0.810. The molecule has 2 amide bonds. The number of carbonyl (C=O) groups is 1. The van der Waals surface area contributed by atoms with Crippen LogP contribution in [0, 0.1) is 5.92 Å². The fourth-order valence-corrected chi connectivity index (χ4v) is 2.88. The second-order valence-electron chi connectivity index (χ2n) is 5.79. The third-order valence-corrected chi connectivity index (χ3v) is 4.04. The molecule has 0 spiro atoms. The van der Waals surface area contributed by atoms with Crippen molar-refractivity contribution in [3.63, 3.8) is 0 Å². The standard InChI is InChI=1S/C14H27N3O2/c1-2-6-16-7-5-12(11-16)10-15-14(19)17(8-9-18)13-3-4-13/h12-13,18H,2-11H2,1H3,(H,15,19). The number of amides is 2. The molecule has 0 aromatic rings. The first-order valence-electron chi connectivity index (χ1n) is 7.62. The van der Waals surface area contributed by atoms with Crippen molar-refractivity contribution in [2.75, 3.05) is 39.3 Å². The van der Waals surface area contributed by atoms with E-state index in [1.165, 1.54) is 19.4 Å². The molecule has 5 heteroatoms. The van der Waals surface area contributed by atoms with Crippen LogP contribution >= 0.6 is 0 Å². The number of nitrogens with one attached hydrogen (secondary N) is 1. The normalized spacial score (nSPS) is 23.6. The van der Waals surface area contributed by atoms with Gasteiger partial charge in [-0.05, 0) is 44.7 Å². The van der Waals surface area contributed by atoms with Crippen LogP contribution in [0.25, 0.3) is 0 Å². The van der Waals surface area contributed by atoms with Gasteiger partial charge in [0.1, 0.15) is 0 Å². The summed E-state index contributed by atoms with van der Waals surface area (Å²) in [6.45, 7) is 6.93. The lowest BCUT2D eigenvalue weighted by Crippen LogP contribution is -2.44. The summed E-state index contributed by atoms with van der Waals surface area (Å²) in [6, 6.07) is 0.373. The van der Waals surface area contributed by atoms with Crippen LogP contribution in [0.4, 0.5) is 4.79 Å². The summed E-state index contributed by atoms with van der Waals surface area (Å²) in [6.07, 6.45) is 4.55. The molecule has 0 aromatic heterocycles. The summed E-state index contributed by atoms with van der Waals surface area (Å²) in [7, 11) is 0. The van der Waals surface area contributed by atoms with Gasteiger partial charge in [-0.1, -0.05) is 6.92 Å². The second-order valence-corrected chi connectivity index (χ2v) is 5.79. The van der Waals surface area contributed by atoms with Crippen molar-refractivity contribution in [3.8, 4) is 0 Å². The van der Waals surface area contributed by atoms with E-state index < -0.39 is 0 Å². The zero-order chi connectivity index (χ0) is 13.7. The minimum Gasteiger partial charge on any atom is -0.395 e. The Kier molecular flexibility index (Phi) is 5.45. The molecule has 1 unspecified atom stereocenters. The van der Waals surface area contributed by atoms with Crippen molar-refractivity contribution < 1.29 is 9.90 Å². The van der Waals surface area contributed by atoms with Gasteiger partial charge < -0.3 is 20.2 Å². The summed E-state index contributed by atoms with van der Waals surface area (Å²) in [4.78, 5) is 16.3. The summed E-state index contributed by atoms with van der Waals surface area (Å²) < 4.78 is 0. The van der Waals surface area contributed by atoms with Gasteiger partial charge >= 0.3 is 6.03 Å². The number of aliphatic hydroxyl groups excluding tert-OH is 1. The lowest BCUT2D eigenvalue weighted by atomic mass is 10.1. The van der Waals surface area contributed by atoms with Crippen LogP contribution in [0.1, 0.15) is 32.6 Å². The second kappa shape index (κ2) is 7.10. The molecule has 1 aliphatic carbocycles. The average molecular weight is 269 g/mol. The van der Waals surface area contributed by atoms with Crippen molar-refractivity contribution in [3.05, 3.63) is 0 Å². The molecular formula is C14H27N3O2. The third-order valence-electron chi connectivity index (χ3n) is 4.04. The molecule has 1 atom stereocenters. The highest BCUT2D eigenvalue weighted by atomic mass is 16.3.